The molecule has 0 saturated carbocycles. The number of nitrogens with one attached hydrogen (secondary N) is 1. The van der Waals surface area contributed by atoms with Crippen LogP contribution in [0.4, 0.5) is 5.82 Å². The minimum absolute atomic E-state index is 0.135. The number of aromatic amines is 1. The number of carbonyl (C=O) groups is 1. The molecule has 0 aliphatic carbocycles. The molecular weight excluding hydrogens is 228 g/mol. The van der Waals surface area contributed by atoms with Crippen LogP contribution in [0.1, 0.15) is 21.5 Å². The molecule has 5 heteroatoms. The minimum Gasteiger partial charge on any atom is -0.383 e. The highest BCUT2D eigenvalue weighted by Gasteiger charge is 2.16. The van der Waals surface area contributed by atoms with Crippen molar-refractivity contribution in [2.45, 2.75) is 13.5 Å². The average Bonchev–Trinajstić information content (AvgIpc) is 2.77. The maximum atomic E-state index is 12.1. The molecule has 1 amide bonds. The number of hydrogen-bond acceptors (Lipinski definition) is 3. The van der Waals surface area contributed by atoms with Crippen LogP contribution in [0.15, 0.2) is 30.5 Å². The number of anilines is 1. The molecule has 0 aliphatic heterocycles. The third-order valence-corrected chi connectivity index (χ3v) is 2.91. The third kappa shape index (κ3) is 2.34. The SMILES string of the molecule is Cc1ccccc1CN(C)C(=O)c1cn[nH]c1N. The molecule has 0 aliphatic rings. The van der Waals surface area contributed by atoms with E-state index in [1.807, 2.05) is 31.2 Å². The monoisotopic (exact) mass is 244 g/mol. The van der Waals surface area contributed by atoms with Gasteiger partial charge >= 0.3 is 0 Å². The zero-order chi connectivity index (χ0) is 13.1. The van der Waals surface area contributed by atoms with Crippen LogP contribution in [0, 0.1) is 6.92 Å². The lowest BCUT2D eigenvalue weighted by atomic mass is 10.1. The molecule has 1 heterocycles. The molecule has 0 fully saturated rings. The van der Waals surface area contributed by atoms with Gasteiger partial charge in [-0.2, -0.15) is 5.10 Å². The molecule has 3 N–H and O–H groups in total. The summed E-state index contributed by atoms with van der Waals surface area (Å²) in [5.41, 5.74) is 8.33. The Balaban J connectivity index is 2.14. The van der Waals surface area contributed by atoms with Crippen molar-refractivity contribution < 1.29 is 4.79 Å². The van der Waals surface area contributed by atoms with Crippen molar-refractivity contribution in [1.82, 2.24) is 15.1 Å². The molecule has 0 spiro atoms. The number of aromatic nitrogens is 2. The van der Waals surface area contributed by atoms with Crippen molar-refractivity contribution in [2.75, 3.05) is 12.8 Å². The Morgan fingerprint density at radius 2 is 2.17 bits per heavy atom. The van der Waals surface area contributed by atoms with E-state index < -0.39 is 0 Å². The Morgan fingerprint density at radius 3 is 2.78 bits per heavy atom. The Hall–Kier alpha value is -2.30. The molecule has 1 aromatic heterocycles. The fraction of sp³-hybridized carbons (Fsp3) is 0.231. The topological polar surface area (TPSA) is 75.0 Å². The van der Waals surface area contributed by atoms with Crippen molar-refractivity contribution >= 4 is 11.7 Å². The average molecular weight is 244 g/mol. The van der Waals surface area contributed by atoms with Crippen molar-refractivity contribution in [3.63, 3.8) is 0 Å². The van der Waals surface area contributed by atoms with E-state index in [2.05, 4.69) is 10.2 Å². The molecule has 0 unspecified atom stereocenters. The summed E-state index contributed by atoms with van der Waals surface area (Å²) in [6.45, 7) is 2.58. The first-order valence-electron chi connectivity index (χ1n) is 5.68. The predicted molar refractivity (Wildman–Crippen MR) is 70.0 cm³/mol. The molecule has 1 aromatic carbocycles. The molecular formula is C13H16N4O. The summed E-state index contributed by atoms with van der Waals surface area (Å²) in [5, 5.41) is 6.31. The van der Waals surface area contributed by atoms with Crippen LogP contribution in [0.5, 0.6) is 0 Å². The first kappa shape index (κ1) is 12.2. The Labute approximate surface area is 106 Å². The van der Waals surface area contributed by atoms with E-state index in [4.69, 9.17) is 5.73 Å². The first-order chi connectivity index (χ1) is 8.59. The van der Waals surface area contributed by atoms with Gasteiger partial charge in [0.2, 0.25) is 0 Å². The van der Waals surface area contributed by atoms with Crippen molar-refractivity contribution in [2.24, 2.45) is 0 Å². The maximum Gasteiger partial charge on any atom is 0.259 e. The van der Waals surface area contributed by atoms with E-state index >= 15 is 0 Å². The van der Waals surface area contributed by atoms with E-state index in [1.54, 1.807) is 11.9 Å². The summed E-state index contributed by atoms with van der Waals surface area (Å²) in [5.74, 6) is 0.168. The number of aryl methyl sites for hydroxylation is 1. The second-order valence-corrected chi connectivity index (χ2v) is 4.29. The molecule has 5 nitrogen and oxygen atoms in total. The number of nitrogens with two attached hydrogens (primary N) is 1. The highest BCUT2D eigenvalue weighted by atomic mass is 16.2. The molecule has 94 valence electrons. The van der Waals surface area contributed by atoms with Gasteiger partial charge in [0.1, 0.15) is 11.4 Å². The second kappa shape index (κ2) is 4.91. The lowest BCUT2D eigenvalue weighted by Crippen LogP contribution is -2.26. The lowest BCUT2D eigenvalue weighted by Gasteiger charge is -2.18. The van der Waals surface area contributed by atoms with Crippen LogP contribution in [0.25, 0.3) is 0 Å². The van der Waals surface area contributed by atoms with Crippen molar-refractivity contribution in [3.8, 4) is 0 Å². The largest absolute Gasteiger partial charge is 0.383 e. The van der Waals surface area contributed by atoms with E-state index in [9.17, 15) is 4.79 Å². The Bertz CT molecular complexity index is 562. The number of hydrogen-bond donors (Lipinski definition) is 2. The molecule has 0 bridgehead atoms. The summed E-state index contributed by atoms with van der Waals surface area (Å²) in [4.78, 5) is 13.8. The van der Waals surface area contributed by atoms with E-state index in [0.29, 0.717) is 17.9 Å². The first-order valence-corrected chi connectivity index (χ1v) is 5.68. The number of nitrogen functional groups attached to an aromatic ring is 1. The maximum absolute atomic E-state index is 12.1. The number of nitrogens with zero attached hydrogens (tertiary/aromatic N) is 2. The molecule has 18 heavy (non-hydrogen) atoms. The summed E-state index contributed by atoms with van der Waals surface area (Å²) in [6, 6.07) is 7.99. The van der Waals surface area contributed by atoms with Crippen molar-refractivity contribution in [1.29, 1.82) is 0 Å². The summed E-state index contributed by atoms with van der Waals surface area (Å²) in [6.07, 6.45) is 1.45. The van der Waals surface area contributed by atoms with Crippen LogP contribution in [-0.2, 0) is 6.54 Å². The van der Waals surface area contributed by atoms with Crippen LogP contribution < -0.4 is 5.73 Å². The lowest BCUT2D eigenvalue weighted by molar-refractivity contribution is 0.0786. The van der Waals surface area contributed by atoms with Gasteiger partial charge in [0, 0.05) is 13.6 Å². The van der Waals surface area contributed by atoms with Gasteiger partial charge in [-0.1, -0.05) is 24.3 Å². The number of carbonyl (C=O) groups excluding carboxylic acids is 1. The fourth-order valence-electron chi connectivity index (χ4n) is 1.79. The van der Waals surface area contributed by atoms with Gasteiger partial charge in [-0.3, -0.25) is 9.89 Å². The smallest absolute Gasteiger partial charge is 0.259 e. The fourth-order valence-corrected chi connectivity index (χ4v) is 1.79. The van der Waals surface area contributed by atoms with Crippen LogP contribution in [0.3, 0.4) is 0 Å². The van der Waals surface area contributed by atoms with E-state index in [-0.39, 0.29) is 5.91 Å². The highest BCUT2D eigenvalue weighted by molar-refractivity contribution is 5.97. The van der Waals surface area contributed by atoms with Gasteiger partial charge in [0.25, 0.3) is 5.91 Å². The molecule has 0 saturated heterocycles. The number of H-pyrrole nitrogens is 1. The van der Waals surface area contributed by atoms with Crippen LogP contribution >= 0.6 is 0 Å². The number of benzene rings is 1. The van der Waals surface area contributed by atoms with Gasteiger partial charge in [-0.15, -0.1) is 0 Å². The zero-order valence-electron chi connectivity index (χ0n) is 10.5. The molecule has 2 aromatic rings. The Kier molecular flexibility index (Phi) is 3.32. The van der Waals surface area contributed by atoms with Gasteiger partial charge in [0.15, 0.2) is 0 Å². The minimum atomic E-state index is -0.135. The normalized spacial score (nSPS) is 10.3. The summed E-state index contributed by atoms with van der Waals surface area (Å²) >= 11 is 0. The van der Waals surface area contributed by atoms with Gasteiger partial charge in [0.05, 0.1) is 6.20 Å². The van der Waals surface area contributed by atoms with Crippen LogP contribution in [-0.4, -0.2) is 28.1 Å². The van der Waals surface area contributed by atoms with E-state index in [0.717, 1.165) is 11.1 Å². The third-order valence-electron chi connectivity index (χ3n) is 2.91. The highest BCUT2D eigenvalue weighted by Crippen LogP contribution is 2.14. The number of amides is 1. The van der Waals surface area contributed by atoms with E-state index in [1.165, 1.54) is 6.20 Å². The predicted octanol–water partition coefficient (Wildman–Crippen LogP) is 1.57. The zero-order valence-corrected chi connectivity index (χ0v) is 10.5. The van der Waals surface area contributed by atoms with Crippen LogP contribution in [0.2, 0.25) is 0 Å². The van der Waals surface area contributed by atoms with Gasteiger partial charge in [-0.05, 0) is 18.1 Å². The molecule has 0 radical (unpaired) electrons. The van der Waals surface area contributed by atoms with Gasteiger partial charge < -0.3 is 10.6 Å². The Morgan fingerprint density at radius 1 is 1.44 bits per heavy atom. The van der Waals surface area contributed by atoms with Crippen molar-refractivity contribution in [3.05, 3.63) is 47.2 Å². The number of rotatable bonds is 3. The summed E-state index contributed by atoms with van der Waals surface area (Å²) in [7, 11) is 1.75. The molecule has 2 rings (SSSR count). The molecule has 0 atom stereocenters. The standard InChI is InChI=1S/C13H16N4O/c1-9-5-3-4-6-10(9)8-17(2)13(18)11-7-15-16-12(11)14/h3-7H,8H2,1-2H3,(H3,14,15,16). The van der Waals surface area contributed by atoms with Gasteiger partial charge in [-0.25, -0.2) is 0 Å². The second-order valence-electron chi connectivity index (χ2n) is 4.29. The quantitative estimate of drug-likeness (QED) is 0.860. The summed E-state index contributed by atoms with van der Waals surface area (Å²) < 4.78 is 0.